The molecular formula is C14H21N3O2. The summed E-state index contributed by atoms with van der Waals surface area (Å²) in [5, 5.41) is 3.13. The van der Waals surface area contributed by atoms with Crippen LogP contribution >= 0.6 is 0 Å². The van der Waals surface area contributed by atoms with Gasteiger partial charge in [-0.15, -0.1) is 0 Å². The molecule has 0 aliphatic carbocycles. The number of nitrogens with two attached hydrogens (primary N) is 1. The van der Waals surface area contributed by atoms with Crippen LogP contribution in [0.5, 0.6) is 5.75 Å². The van der Waals surface area contributed by atoms with Crippen LogP contribution in [0.2, 0.25) is 0 Å². The summed E-state index contributed by atoms with van der Waals surface area (Å²) >= 11 is 0. The van der Waals surface area contributed by atoms with Crippen LogP contribution in [0.1, 0.15) is 6.42 Å². The van der Waals surface area contributed by atoms with E-state index in [1.165, 1.54) is 0 Å². The molecule has 1 amide bonds. The lowest BCUT2D eigenvalue weighted by atomic mass is 10.1. The SMILES string of the molecule is COc1ccccc1NCC(=O)N1CCC(CN)C1. The average molecular weight is 263 g/mol. The maximum absolute atomic E-state index is 12.1. The van der Waals surface area contributed by atoms with Crippen molar-refractivity contribution >= 4 is 11.6 Å². The maximum atomic E-state index is 12.1. The molecule has 0 radical (unpaired) electrons. The molecule has 1 aliphatic heterocycles. The van der Waals surface area contributed by atoms with E-state index in [-0.39, 0.29) is 12.5 Å². The Morgan fingerprint density at radius 1 is 1.53 bits per heavy atom. The molecule has 19 heavy (non-hydrogen) atoms. The molecule has 1 aliphatic rings. The molecule has 1 atom stereocenters. The molecule has 5 heteroatoms. The number of carbonyl (C=O) groups excluding carboxylic acids is 1. The van der Waals surface area contributed by atoms with E-state index in [1.54, 1.807) is 7.11 Å². The van der Waals surface area contributed by atoms with Gasteiger partial charge in [0.1, 0.15) is 5.75 Å². The number of likely N-dealkylation sites (tertiary alicyclic amines) is 1. The van der Waals surface area contributed by atoms with Gasteiger partial charge in [0.15, 0.2) is 0 Å². The number of carbonyl (C=O) groups is 1. The van der Waals surface area contributed by atoms with Crippen LogP contribution in [0.15, 0.2) is 24.3 Å². The summed E-state index contributed by atoms with van der Waals surface area (Å²) in [6.07, 6.45) is 1.01. The lowest BCUT2D eigenvalue weighted by Gasteiger charge is -2.17. The van der Waals surface area contributed by atoms with E-state index in [2.05, 4.69) is 5.32 Å². The van der Waals surface area contributed by atoms with Crippen LogP contribution in [0.4, 0.5) is 5.69 Å². The van der Waals surface area contributed by atoms with Crippen LogP contribution in [0.25, 0.3) is 0 Å². The molecule has 1 aromatic carbocycles. The number of para-hydroxylation sites is 2. The number of hydrogen-bond acceptors (Lipinski definition) is 4. The van der Waals surface area contributed by atoms with Crippen molar-refractivity contribution in [3.05, 3.63) is 24.3 Å². The lowest BCUT2D eigenvalue weighted by molar-refractivity contribution is -0.128. The highest BCUT2D eigenvalue weighted by Gasteiger charge is 2.24. The number of anilines is 1. The Kier molecular flexibility index (Phi) is 4.63. The fourth-order valence-corrected chi connectivity index (χ4v) is 2.32. The standard InChI is InChI=1S/C14H21N3O2/c1-19-13-5-3-2-4-12(13)16-9-14(18)17-7-6-11(8-15)10-17/h2-5,11,16H,6-10,15H2,1H3. The van der Waals surface area contributed by atoms with E-state index >= 15 is 0 Å². The molecule has 3 N–H and O–H groups in total. The van der Waals surface area contributed by atoms with Crippen molar-refractivity contribution in [3.63, 3.8) is 0 Å². The minimum atomic E-state index is 0.113. The van der Waals surface area contributed by atoms with Crippen molar-refractivity contribution in [2.24, 2.45) is 11.7 Å². The maximum Gasteiger partial charge on any atom is 0.241 e. The zero-order chi connectivity index (χ0) is 13.7. The molecule has 1 fully saturated rings. The fourth-order valence-electron chi connectivity index (χ4n) is 2.32. The molecule has 2 rings (SSSR count). The summed E-state index contributed by atoms with van der Waals surface area (Å²) in [5.41, 5.74) is 6.47. The molecule has 0 spiro atoms. The molecule has 104 valence electrons. The summed E-state index contributed by atoms with van der Waals surface area (Å²) < 4.78 is 5.23. The Labute approximate surface area is 113 Å². The van der Waals surface area contributed by atoms with Gasteiger partial charge in [-0.2, -0.15) is 0 Å². The molecule has 1 aromatic rings. The van der Waals surface area contributed by atoms with Gasteiger partial charge >= 0.3 is 0 Å². The van der Waals surface area contributed by atoms with Gasteiger partial charge in [0.25, 0.3) is 0 Å². The zero-order valence-electron chi connectivity index (χ0n) is 11.3. The second-order valence-electron chi connectivity index (χ2n) is 4.78. The highest BCUT2D eigenvalue weighted by molar-refractivity contribution is 5.81. The number of benzene rings is 1. The molecular weight excluding hydrogens is 242 g/mol. The summed E-state index contributed by atoms with van der Waals surface area (Å²) in [6, 6.07) is 7.58. The van der Waals surface area contributed by atoms with E-state index < -0.39 is 0 Å². The van der Waals surface area contributed by atoms with Gasteiger partial charge in [-0.25, -0.2) is 0 Å². The first kappa shape index (κ1) is 13.7. The van der Waals surface area contributed by atoms with Crippen molar-refractivity contribution in [1.29, 1.82) is 0 Å². The molecule has 5 nitrogen and oxygen atoms in total. The van der Waals surface area contributed by atoms with E-state index in [9.17, 15) is 4.79 Å². The largest absolute Gasteiger partial charge is 0.495 e. The first-order valence-corrected chi connectivity index (χ1v) is 6.59. The quantitative estimate of drug-likeness (QED) is 0.829. The van der Waals surface area contributed by atoms with Crippen LogP contribution in [0.3, 0.4) is 0 Å². The third-order valence-corrected chi connectivity index (χ3v) is 3.51. The van der Waals surface area contributed by atoms with E-state index in [0.717, 1.165) is 30.9 Å². The monoisotopic (exact) mass is 263 g/mol. The zero-order valence-corrected chi connectivity index (χ0v) is 11.3. The number of ether oxygens (including phenoxy) is 1. The predicted molar refractivity (Wildman–Crippen MR) is 75.2 cm³/mol. The van der Waals surface area contributed by atoms with Gasteiger partial charge in [0.2, 0.25) is 5.91 Å². The van der Waals surface area contributed by atoms with Crippen LogP contribution < -0.4 is 15.8 Å². The van der Waals surface area contributed by atoms with E-state index in [1.807, 2.05) is 29.2 Å². The minimum Gasteiger partial charge on any atom is -0.495 e. The molecule has 0 saturated carbocycles. The smallest absolute Gasteiger partial charge is 0.241 e. The first-order chi connectivity index (χ1) is 9.24. The van der Waals surface area contributed by atoms with Gasteiger partial charge in [-0.3, -0.25) is 4.79 Å². The van der Waals surface area contributed by atoms with Crippen molar-refractivity contribution in [2.75, 3.05) is 38.6 Å². The molecule has 0 bridgehead atoms. The molecule has 1 unspecified atom stereocenters. The predicted octanol–water partition coefficient (Wildman–Crippen LogP) is 0.914. The number of hydrogen-bond donors (Lipinski definition) is 2. The molecule has 1 heterocycles. The molecule has 1 saturated heterocycles. The summed E-state index contributed by atoms with van der Waals surface area (Å²) in [4.78, 5) is 13.9. The highest BCUT2D eigenvalue weighted by atomic mass is 16.5. The van der Waals surface area contributed by atoms with E-state index in [4.69, 9.17) is 10.5 Å². The summed E-state index contributed by atoms with van der Waals surface area (Å²) in [6.45, 7) is 2.54. The number of nitrogens with zero attached hydrogens (tertiary/aromatic N) is 1. The lowest BCUT2D eigenvalue weighted by Crippen LogP contribution is -2.34. The third kappa shape index (κ3) is 3.38. The fraction of sp³-hybridized carbons (Fsp3) is 0.500. The Hall–Kier alpha value is -1.75. The normalized spacial score (nSPS) is 18.4. The second kappa shape index (κ2) is 6.43. The van der Waals surface area contributed by atoms with Gasteiger partial charge in [0, 0.05) is 13.1 Å². The average Bonchev–Trinajstić information content (AvgIpc) is 2.94. The Balaban J connectivity index is 1.87. The Morgan fingerprint density at radius 3 is 3.00 bits per heavy atom. The molecule has 0 aromatic heterocycles. The number of rotatable bonds is 5. The summed E-state index contributed by atoms with van der Waals surface area (Å²) in [7, 11) is 1.62. The Bertz CT molecular complexity index is 436. The Morgan fingerprint density at radius 2 is 2.32 bits per heavy atom. The van der Waals surface area contributed by atoms with E-state index in [0.29, 0.717) is 12.5 Å². The second-order valence-corrected chi connectivity index (χ2v) is 4.78. The van der Waals surface area contributed by atoms with Gasteiger partial charge < -0.3 is 20.7 Å². The van der Waals surface area contributed by atoms with Crippen molar-refractivity contribution in [1.82, 2.24) is 4.90 Å². The van der Waals surface area contributed by atoms with Crippen LogP contribution in [-0.4, -0.2) is 44.1 Å². The topological polar surface area (TPSA) is 67.6 Å². The van der Waals surface area contributed by atoms with Crippen molar-refractivity contribution in [2.45, 2.75) is 6.42 Å². The number of methoxy groups -OCH3 is 1. The van der Waals surface area contributed by atoms with Crippen molar-refractivity contribution < 1.29 is 9.53 Å². The first-order valence-electron chi connectivity index (χ1n) is 6.59. The minimum absolute atomic E-state index is 0.113. The van der Waals surface area contributed by atoms with Gasteiger partial charge in [-0.05, 0) is 31.0 Å². The van der Waals surface area contributed by atoms with Gasteiger partial charge in [-0.1, -0.05) is 12.1 Å². The van der Waals surface area contributed by atoms with Crippen LogP contribution in [0, 0.1) is 5.92 Å². The third-order valence-electron chi connectivity index (χ3n) is 3.51. The highest BCUT2D eigenvalue weighted by Crippen LogP contribution is 2.23. The number of amides is 1. The summed E-state index contributed by atoms with van der Waals surface area (Å²) in [5.74, 6) is 1.31. The van der Waals surface area contributed by atoms with Crippen molar-refractivity contribution in [3.8, 4) is 5.75 Å². The van der Waals surface area contributed by atoms with Crippen LogP contribution in [-0.2, 0) is 4.79 Å². The number of nitrogens with one attached hydrogen (secondary N) is 1. The van der Waals surface area contributed by atoms with Gasteiger partial charge in [0.05, 0.1) is 19.3 Å².